The summed E-state index contributed by atoms with van der Waals surface area (Å²) in [6.07, 6.45) is 0. The molecule has 126 valence electrons. The molecule has 4 heteroatoms. The van der Waals surface area contributed by atoms with E-state index in [0.29, 0.717) is 5.69 Å². The van der Waals surface area contributed by atoms with Gasteiger partial charge in [-0.1, -0.05) is 78.9 Å². The summed E-state index contributed by atoms with van der Waals surface area (Å²) in [5.74, 6) is 5.03. The maximum absolute atomic E-state index is 12.5. The monoisotopic (exact) mass is 339 g/mol. The van der Waals surface area contributed by atoms with Crippen molar-refractivity contribution in [1.82, 2.24) is 10.4 Å². The molecule has 0 fully saturated rings. The van der Waals surface area contributed by atoms with Crippen LogP contribution >= 0.6 is 0 Å². The lowest BCUT2D eigenvalue weighted by Gasteiger charge is -2.17. The first kappa shape index (κ1) is 16.0. The van der Waals surface area contributed by atoms with Crippen molar-refractivity contribution in [2.75, 3.05) is 0 Å². The van der Waals surface area contributed by atoms with E-state index in [1.165, 1.54) is 0 Å². The van der Waals surface area contributed by atoms with Gasteiger partial charge in [-0.3, -0.25) is 10.2 Å². The van der Waals surface area contributed by atoms with Gasteiger partial charge in [-0.15, -0.1) is 0 Å². The lowest BCUT2D eigenvalue weighted by Crippen LogP contribution is -2.31. The van der Waals surface area contributed by atoms with Crippen LogP contribution in [0.15, 0.2) is 84.9 Å². The van der Waals surface area contributed by atoms with Crippen molar-refractivity contribution in [1.29, 1.82) is 0 Å². The summed E-state index contributed by atoms with van der Waals surface area (Å²) in [6.45, 7) is 0. The smallest absolute Gasteiger partial charge is 0.284 e. The average molecular weight is 339 g/mol. The molecule has 4 aromatic rings. The molecule has 3 N–H and O–H groups in total. The topological polar surface area (TPSA) is 68.0 Å². The highest BCUT2D eigenvalue weighted by atomic mass is 16.2. The van der Waals surface area contributed by atoms with Crippen LogP contribution in [0.2, 0.25) is 0 Å². The molecular formula is C22H17N3O. The number of nitrogens with zero attached hydrogens (tertiary/aromatic N) is 1. The van der Waals surface area contributed by atoms with Crippen LogP contribution < -0.4 is 11.3 Å². The molecule has 0 saturated heterocycles. The number of para-hydroxylation sites is 1. The van der Waals surface area contributed by atoms with Gasteiger partial charge < -0.3 is 0 Å². The van der Waals surface area contributed by atoms with Crippen molar-refractivity contribution in [3.63, 3.8) is 0 Å². The Labute approximate surface area is 151 Å². The normalized spacial score (nSPS) is 10.7. The summed E-state index contributed by atoms with van der Waals surface area (Å²) in [7, 11) is 0. The number of aromatic nitrogens is 1. The minimum atomic E-state index is -0.410. The van der Waals surface area contributed by atoms with E-state index >= 15 is 0 Å². The molecule has 1 heterocycles. The van der Waals surface area contributed by atoms with Crippen LogP contribution in [0, 0.1) is 0 Å². The number of nitrogens with two attached hydrogens (primary N) is 1. The average Bonchev–Trinajstić information content (AvgIpc) is 2.73. The first-order valence-corrected chi connectivity index (χ1v) is 8.34. The summed E-state index contributed by atoms with van der Waals surface area (Å²) in [4.78, 5) is 17.2. The fourth-order valence-electron chi connectivity index (χ4n) is 3.24. The Hall–Kier alpha value is -3.50. The lowest BCUT2D eigenvalue weighted by molar-refractivity contribution is 0.0950. The van der Waals surface area contributed by atoms with Gasteiger partial charge in [-0.2, -0.15) is 0 Å². The van der Waals surface area contributed by atoms with Crippen molar-refractivity contribution in [2.24, 2.45) is 5.84 Å². The number of hydrogen-bond acceptors (Lipinski definition) is 3. The minimum absolute atomic E-state index is 0.316. The predicted molar refractivity (Wildman–Crippen MR) is 104 cm³/mol. The van der Waals surface area contributed by atoms with Crippen LogP contribution in [0.5, 0.6) is 0 Å². The summed E-state index contributed by atoms with van der Waals surface area (Å²) >= 11 is 0. The molecule has 0 aliphatic heterocycles. The van der Waals surface area contributed by atoms with Gasteiger partial charge in [0.15, 0.2) is 0 Å². The van der Waals surface area contributed by atoms with Gasteiger partial charge >= 0.3 is 0 Å². The Bertz CT molecular complexity index is 1080. The predicted octanol–water partition coefficient (Wildman–Crippen LogP) is 4.17. The van der Waals surface area contributed by atoms with E-state index in [2.05, 4.69) is 10.4 Å². The number of benzene rings is 3. The van der Waals surface area contributed by atoms with Crippen LogP contribution in [-0.2, 0) is 0 Å². The molecule has 0 spiro atoms. The Morgan fingerprint density at radius 1 is 0.731 bits per heavy atom. The highest BCUT2D eigenvalue weighted by Crippen LogP contribution is 2.39. The van der Waals surface area contributed by atoms with Gasteiger partial charge in [0.05, 0.1) is 5.52 Å². The third-order valence-electron chi connectivity index (χ3n) is 4.36. The summed E-state index contributed by atoms with van der Waals surface area (Å²) in [5.41, 5.74) is 7.00. The van der Waals surface area contributed by atoms with Crippen LogP contribution in [0.3, 0.4) is 0 Å². The Kier molecular flexibility index (Phi) is 4.17. The molecule has 1 aromatic heterocycles. The van der Waals surface area contributed by atoms with E-state index in [9.17, 15) is 4.79 Å². The zero-order chi connectivity index (χ0) is 17.9. The summed E-state index contributed by atoms with van der Waals surface area (Å²) in [6, 6.07) is 27.7. The number of nitrogens with one attached hydrogen (secondary N) is 1. The molecule has 0 saturated carbocycles. The number of carbonyl (C=O) groups is 1. The maximum atomic E-state index is 12.5. The van der Waals surface area contributed by atoms with Crippen molar-refractivity contribution >= 4 is 16.8 Å². The fourth-order valence-corrected chi connectivity index (χ4v) is 3.24. The summed E-state index contributed by atoms with van der Waals surface area (Å²) < 4.78 is 0. The lowest BCUT2D eigenvalue weighted by atomic mass is 9.90. The van der Waals surface area contributed by atoms with Gasteiger partial charge in [-0.25, -0.2) is 10.8 Å². The molecule has 0 atom stereocenters. The van der Waals surface area contributed by atoms with Crippen molar-refractivity contribution in [2.45, 2.75) is 0 Å². The Morgan fingerprint density at radius 2 is 1.27 bits per heavy atom. The molecule has 0 unspecified atom stereocenters. The maximum Gasteiger partial charge on any atom is 0.284 e. The number of carbonyl (C=O) groups excluding carboxylic acids is 1. The Balaban J connectivity index is 2.19. The summed E-state index contributed by atoms with van der Waals surface area (Å²) in [5, 5.41) is 0.992. The Morgan fingerprint density at radius 3 is 1.88 bits per heavy atom. The standard InChI is InChI=1S/C22H17N3O/c23-25-22(26)21-20(16-11-5-2-6-12-16)19(15-9-3-1-4-10-15)17-13-7-8-14-18(17)24-21/h1-14H,23H2,(H,25,26). The third-order valence-corrected chi connectivity index (χ3v) is 4.36. The molecule has 4 rings (SSSR count). The zero-order valence-electron chi connectivity index (χ0n) is 14.0. The molecule has 0 bridgehead atoms. The number of hydrazine groups is 1. The highest BCUT2D eigenvalue weighted by molar-refractivity contribution is 6.10. The minimum Gasteiger partial charge on any atom is -0.289 e. The van der Waals surface area contributed by atoms with E-state index in [0.717, 1.165) is 33.2 Å². The van der Waals surface area contributed by atoms with Crippen LogP contribution in [0.25, 0.3) is 33.2 Å². The molecule has 1 amide bonds. The fraction of sp³-hybridized carbons (Fsp3) is 0. The van der Waals surface area contributed by atoms with E-state index in [1.54, 1.807) is 0 Å². The molecule has 4 nitrogen and oxygen atoms in total. The number of fused-ring (bicyclic) bond motifs is 1. The van der Waals surface area contributed by atoms with Crippen LogP contribution in [0.1, 0.15) is 10.5 Å². The van der Waals surface area contributed by atoms with Crippen molar-refractivity contribution in [3.05, 3.63) is 90.6 Å². The molecule has 0 aliphatic carbocycles. The van der Waals surface area contributed by atoms with Crippen molar-refractivity contribution in [3.8, 4) is 22.3 Å². The van der Waals surface area contributed by atoms with Gasteiger partial charge in [0, 0.05) is 16.5 Å². The van der Waals surface area contributed by atoms with Gasteiger partial charge in [0.1, 0.15) is 5.69 Å². The van der Waals surface area contributed by atoms with E-state index in [1.807, 2.05) is 84.9 Å². The van der Waals surface area contributed by atoms with E-state index in [4.69, 9.17) is 5.84 Å². The van der Waals surface area contributed by atoms with Crippen LogP contribution in [-0.4, -0.2) is 10.9 Å². The number of rotatable bonds is 3. The van der Waals surface area contributed by atoms with Crippen LogP contribution in [0.4, 0.5) is 0 Å². The molecule has 26 heavy (non-hydrogen) atoms. The van der Waals surface area contributed by atoms with Crippen molar-refractivity contribution < 1.29 is 4.79 Å². The van der Waals surface area contributed by atoms with E-state index < -0.39 is 5.91 Å². The highest BCUT2D eigenvalue weighted by Gasteiger charge is 2.21. The zero-order valence-corrected chi connectivity index (χ0v) is 14.0. The molecule has 3 aromatic carbocycles. The number of amides is 1. The second-order valence-electron chi connectivity index (χ2n) is 5.93. The first-order valence-electron chi connectivity index (χ1n) is 8.34. The number of pyridine rings is 1. The van der Waals surface area contributed by atoms with E-state index in [-0.39, 0.29) is 0 Å². The third kappa shape index (κ3) is 2.72. The first-order chi connectivity index (χ1) is 12.8. The SMILES string of the molecule is NNC(=O)c1nc2ccccc2c(-c2ccccc2)c1-c1ccccc1. The largest absolute Gasteiger partial charge is 0.289 e. The molecular weight excluding hydrogens is 322 g/mol. The van der Waals surface area contributed by atoms with Gasteiger partial charge in [-0.05, 0) is 17.2 Å². The molecule has 0 radical (unpaired) electrons. The number of hydrogen-bond donors (Lipinski definition) is 2. The quantitative estimate of drug-likeness (QED) is 0.334. The molecule has 0 aliphatic rings. The van der Waals surface area contributed by atoms with Gasteiger partial charge in [0.25, 0.3) is 5.91 Å². The number of nitrogen functional groups attached to an aromatic ring is 1. The second kappa shape index (κ2) is 6.78. The second-order valence-corrected chi connectivity index (χ2v) is 5.93. The van der Waals surface area contributed by atoms with Gasteiger partial charge in [0.2, 0.25) is 0 Å².